The molecule has 2 aromatic rings. The third kappa shape index (κ3) is 3.16. The van der Waals surface area contributed by atoms with Crippen molar-refractivity contribution >= 4 is 5.91 Å². The number of benzene rings is 2. The smallest absolute Gasteiger partial charge is 0.251 e. The number of halogens is 2. The van der Waals surface area contributed by atoms with Crippen LogP contribution in [0.2, 0.25) is 0 Å². The van der Waals surface area contributed by atoms with Crippen molar-refractivity contribution in [2.75, 3.05) is 0 Å². The Morgan fingerprint density at radius 1 is 1.05 bits per heavy atom. The molecule has 0 aromatic heterocycles. The van der Waals surface area contributed by atoms with Gasteiger partial charge in [0.1, 0.15) is 0 Å². The van der Waals surface area contributed by atoms with Crippen LogP contribution in [0.25, 0.3) is 0 Å². The number of carbonyl (C=O) groups is 1. The van der Waals surface area contributed by atoms with E-state index in [2.05, 4.69) is 5.32 Å². The predicted octanol–water partition coefficient (Wildman–Crippen LogP) is 3.46. The minimum Gasteiger partial charge on any atom is -0.346 e. The highest BCUT2D eigenvalue weighted by molar-refractivity contribution is 5.94. The van der Waals surface area contributed by atoms with Gasteiger partial charge < -0.3 is 5.32 Å². The highest BCUT2D eigenvalue weighted by Crippen LogP contribution is 2.16. The second-order valence-corrected chi connectivity index (χ2v) is 4.23. The summed E-state index contributed by atoms with van der Waals surface area (Å²) in [6, 6.07) is 11.9. The summed E-state index contributed by atoms with van der Waals surface area (Å²) in [5.41, 5.74) is 1.04. The van der Waals surface area contributed by atoms with E-state index in [1.807, 2.05) is 6.07 Å². The lowest BCUT2D eigenvalue weighted by Gasteiger charge is -2.14. The molecular formula is C15H13F2NO. The summed E-state index contributed by atoms with van der Waals surface area (Å²) < 4.78 is 25.9. The molecule has 98 valence electrons. The van der Waals surface area contributed by atoms with E-state index in [1.165, 1.54) is 6.07 Å². The van der Waals surface area contributed by atoms with Crippen LogP contribution < -0.4 is 5.32 Å². The Balaban J connectivity index is 2.10. The highest BCUT2D eigenvalue weighted by Gasteiger charge is 2.12. The number of carbonyl (C=O) groups excluding carboxylic acids is 1. The van der Waals surface area contributed by atoms with Crippen LogP contribution >= 0.6 is 0 Å². The highest BCUT2D eigenvalue weighted by atomic mass is 19.2. The van der Waals surface area contributed by atoms with Crippen LogP contribution in [0.15, 0.2) is 48.5 Å². The van der Waals surface area contributed by atoms with Crippen LogP contribution in [0, 0.1) is 11.6 Å². The van der Waals surface area contributed by atoms with E-state index in [0.717, 1.165) is 12.1 Å². The number of nitrogens with one attached hydrogen (secondary N) is 1. The quantitative estimate of drug-likeness (QED) is 0.900. The van der Waals surface area contributed by atoms with Gasteiger partial charge in [0.2, 0.25) is 0 Å². The van der Waals surface area contributed by atoms with Crippen molar-refractivity contribution in [2.24, 2.45) is 0 Å². The van der Waals surface area contributed by atoms with Gasteiger partial charge in [0.25, 0.3) is 5.91 Å². The van der Waals surface area contributed by atoms with Gasteiger partial charge in [-0.1, -0.05) is 24.3 Å². The molecular weight excluding hydrogens is 248 g/mol. The first-order valence-electron chi connectivity index (χ1n) is 5.89. The van der Waals surface area contributed by atoms with Gasteiger partial charge in [-0.05, 0) is 36.8 Å². The van der Waals surface area contributed by atoms with Gasteiger partial charge in [-0.2, -0.15) is 0 Å². The van der Waals surface area contributed by atoms with Gasteiger partial charge in [-0.25, -0.2) is 8.78 Å². The third-order valence-electron chi connectivity index (χ3n) is 2.83. The standard InChI is InChI=1S/C15H13F2NO/c1-10(12-7-8-13(16)14(17)9-12)18-15(19)11-5-3-2-4-6-11/h2-10H,1H3,(H,18,19). The van der Waals surface area contributed by atoms with Crippen molar-refractivity contribution in [1.82, 2.24) is 5.32 Å². The fraction of sp³-hybridized carbons (Fsp3) is 0.133. The van der Waals surface area contributed by atoms with Gasteiger partial charge >= 0.3 is 0 Å². The maximum absolute atomic E-state index is 13.1. The molecule has 1 amide bonds. The van der Waals surface area contributed by atoms with Gasteiger partial charge in [-0.3, -0.25) is 4.79 Å². The first-order valence-corrected chi connectivity index (χ1v) is 5.89. The van der Waals surface area contributed by atoms with Crippen molar-refractivity contribution in [1.29, 1.82) is 0 Å². The molecule has 1 unspecified atom stereocenters. The number of amides is 1. The SMILES string of the molecule is CC(NC(=O)c1ccccc1)c1ccc(F)c(F)c1. The number of hydrogen-bond acceptors (Lipinski definition) is 1. The van der Waals surface area contributed by atoms with Crippen LogP contribution in [0.5, 0.6) is 0 Å². The van der Waals surface area contributed by atoms with Crippen molar-refractivity contribution < 1.29 is 13.6 Å². The maximum atomic E-state index is 13.1. The molecule has 0 fully saturated rings. The van der Waals surface area contributed by atoms with E-state index in [9.17, 15) is 13.6 Å². The molecule has 0 aliphatic carbocycles. The molecule has 4 heteroatoms. The monoisotopic (exact) mass is 261 g/mol. The fourth-order valence-corrected chi connectivity index (χ4v) is 1.73. The summed E-state index contributed by atoms with van der Waals surface area (Å²) in [5.74, 6) is -2.07. The molecule has 0 bridgehead atoms. The molecule has 1 N–H and O–H groups in total. The van der Waals surface area contributed by atoms with Gasteiger partial charge in [0.15, 0.2) is 11.6 Å². The first-order chi connectivity index (χ1) is 9.08. The van der Waals surface area contributed by atoms with Gasteiger partial charge in [-0.15, -0.1) is 0 Å². The Morgan fingerprint density at radius 2 is 1.74 bits per heavy atom. The molecule has 19 heavy (non-hydrogen) atoms. The average Bonchev–Trinajstić information content (AvgIpc) is 2.42. The molecule has 0 saturated heterocycles. The molecule has 0 aliphatic heterocycles. The van der Waals surface area contributed by atoms with E-state index in [4.69, 9.17) is 0 Å². The van der Waals surface area contributed by atoms with Crippen molar-refractivity contribution in [3.63, 3.8) is 0 Å². The lowest BCUT2D eigenvalue weighted by Crippen LogP contribution is -2.26. The van der Waals surface area contributed by atoms with Gasteiger partial charge in [0.05, 0.1) is 6.04 Å². The molecule has 2 rings (SSSR count). The van der Waals surface area contributed by atoms with E-state index in [-0.39, 0.29) is 5.91 Å². The molecule has 0 radical (unpaired) electrons. The normalized spacial score (nSPS) is 11.9. The summed E-state index contributed by atoms with van der Waals surface area (Å²) in [5, 5.41) is 2.73. The number of rotatable bonds is 3. The Hall–Kier alpha value is -2.23. The molecule has 2 aromatic carbocycles. The Bertz CT molecular complexity index is 584. The molecule has 0 spiro atoms. The maximum Gasteiger partial charge on any atom is 0.251 e. The second-order valence-electron chi connectivity index (χ2n) is 4.23. The van der Waals surface area contributed by atoms with Crippen molar-refractivity contribution in [3.05, 3.63) is 71.3 Å². The summed E-state index contributed by atoms with van der Waals surface area (Å²) in [6.07, 6.45) is 0. The molecule has 0 heterocycles. The molecule has 0 aliphatic rings. The molecule has 2 nitrogen and oxygen atoms in total. The first kappa shape index (κ1) is 13.2. The van der Waals surface area contributed by atoms with Crippen LogP contribution in [0.3, 0.4) is 0 Å². The lowest BCUT2D eigenvalue weighted by molar-refractivity contribution is 0.0940. The van der Waals surface area contributed by atoms with Crippen molar-refractivity contribution in [3.8, 4) is 0 Å². The number of hydrogen-bond donors (Lipinski definition) is 1. The zero-order valence-electron chi connectivity index (χ0n) is 10.4. The lowest BCUT2D eigenvalue weighted by atomic mass is 10.1. The van der Waals surface area contributed by atoms with Crippen LogP contribution in [0.1, 0.15) is 28.9 Å². The van der Waals surface area contributed by atoms with E-state index in [1.54, 1.807) is 31.2 Å². The second kappa shape index (κ2) is 5.61. The molecule has 0 saturated carbocycles. The third-order valence-corrected chi connectivity index (χ3v) is 2.83. The Labute approximate surface area is 110 Å². The summed E-state index contributed by atoms with van der Waals surface area (Å²) in [7, 11) is 0. The minimum absolute atomic E-state index is 0.252. The van der Waals surface area contributed by atoms with E-state index in [0.29, 0.717) is 11.1 Å². The van der Waals surface area contributed by atoms with Crippen molar-refractivity contribution in [2.45, 2.75) is 13.0 Å². The predicted molar refractivity (Wildman–Crippen MR) is 68.7 cm³/mol. The Morgan fingerprint density at radius 3 is 2.37 bits per heavy atom. The van der Waals surface area contributed by atoms with Crippen LogP contribution in [-0.4, -0.2) is 5.91 Å². The largest absolute Gasteiger partial charge is 0.346 e. The summed E-state index contributed by atoms with van der Waals surface area (Å²) >= 11 is 0. The van der Waals surface area contributed by atoms with E-state index < -0.39 is 17.7 Å². The fourth-order valence-electron chi connectivity index (χ4n) is 1.73. The van der Waals surface area contributed by atoms with E-state index >= 15 is 0 Å². The topological polar surface area (TPSA) is 29.1 Å². The Kier molecular flexibility index (Phi) is 3.90. The van der Waals surface area contributed by atoms with Crippen LogP contribution in [-0.2, 0) is 0 Å². The molecule has 1 atom stereocenters. The minimum atomic E-state index is -0.918. The zero-order valence-corrected chi connectivity index (χ0v) is 10.4. The van der Waals surface area contributed by atoms with Gasteiger partial charge in [0, 0.05) is 5.56 Å². The average molecular weight is 261 g/mol. The van der Waals surface area contributed by atoms with Crippen LogP contribution in [0.4, 0.5) is 8.78 Å². The summed E-state index contributed by atoms with van der Waals surface area (Å²) in [4.78, 5) is 11.9. The summed E-state index contributed by atoms with van der Waals surface area (Å²) in [6.45, 7) is 1.72. The zero-order chi connectivity index (χ0) is 13.8.